The molecule has 1 aliphatic rings. The van der Waals surface area contributed by atoms with Crippen LogP contribution in [-0.4, -0.2) is 11.5 Å². The van der Waals surface area contributed by atoms with Gasteiger partial charge in [0.25, 0.3) is 0 Å². The predicted octanol–water partition coefficient (Wildman–Crippen LogP) is 6.57. The summed E-state index contributed by atoms with van der Waals surface area (Å²) in [6.07, 6.45) is 0. The molecule has 5 rings (SSSR count). The van der Waals surface area contributed by atoms with Crippen LogP contribution in [0.3, 0.4) is 0 Å². The smallest absolute Gasteiger partial charge is 0.153 e. The summed E-state index contributed by atoms with van der Waals surface area (Å²) in [4.78, 5) is 3.74. The number of rotatable bonds is 2. The first-order chi connectivity index (χ1) is 14.8. The van der Waals surface area contributed by atoms with Crippen LogP contribution in [0.15, 0.2) is 66.7 Å². The summed E-state index contributed by atoms with van der Waals surface area (Å²) in [6.45, 7) is 7.70. The lowest BCUT2D eigenvalue weighted by Gasteiger charge is -2.29. The fourth-order valence-electron chi connectivity index (χ4n) is 4.87. The zero-order valence-electron chi connectivity index (χ0n) is 18.0. The van der Waals surface area contributed by atoms with E-state index in [9.17, 15) is 0 Å². The van der Waals surface area contributed by atoms with E-state index in [2.05, 4.69) is 85.7 Å². The average Bonchev–Trinajstić information content (AvgIpc) is 3.13. The predicted molar refractivity (Wildman–Crippen MR) is 130 cm³/mol. The molecule has 0 unspecified atom stereocenters. The number of nitrogens with one attached hydrogen (secondary N) is 1. The second kappa shape index (κ2) is 7.70. The van der Waals surface area contributed by atoms with Crippen molar-refractivity contribution in [3.63, 3.8) is 0 Å². The molecule has 0 aliphatic carbocycles. The van der Waals surface area contributed by atoms with Gasteiger partial charge in [-0.3, -0.25) is 0 Å². The molecule has 158 valence electrons. The number of halogens is 2. The molecule has 0 bridgehead atoms. The molecule has 1 aromatic heterocycles. The first-order valence-electron chi connectivity index (χ1n) is 10.8. The van der Waals surface area contributed by atoms with E-state index in [0.29, 0.717) is 5.02 Å². The SMILES string of the molecule is CC(C)(C)c1ccc([C@@H]2[NH2+]C[C@@H](c3ccc(Cl)cc3Cl)c3c2[nH]c2ccccc32)cc1. The molecular weight excluding hydrogens is 423 g/mol. The van der Waals surface area contributed by atoms with Gasteiger partial charge in [-0.15, -0.1) is 0 Å². The molecule has 2 heterocycles. The second-order valence-electron chi connectivity index (χ2n) is 9.54. The van der Waals surface area contributed by atoms with Crippen LogP contribution in [0.4, 0.5) is 0 Å². The number of nitrogens with two attached hydrogens (primary N) is 1. The Morgan fingerprint density at radius 2 is 1.68 bits per heavy atom. The van der Waals surface area contributed by atoms with E-state index in [0.717, 1.165) is 17.1 Å². The molecule has 0 radical (unpaired) electrons. The zero-order chi connectivity index (χ0) is 21.8. The lowest BCUT2D eigenvalue weighted by atomic mass is 9.82. The Morgan fingerprint density at radius 3 is 2.39 bits per heavy atom. The molecule has 1 aliphatic heterocycles. The molecule has 4 aromatic rings. The maximum atomic E-state index is 6.65. The highest BCUT2D eigenvalue weighted by molar-refractivity contribution is 6.35. The summed E-state index contributed by atoms with van der Waals surface area (Å²) in [5.41, 5.74) is 7.76. The van der Waals surface area contributed by atoms with Crippen molar-refractivity contribution >= 4 is 34.1 Å². The van der Waals surface area contributed by atoms with Crippen molar-refractivity contribution in [1.82, 2.24) is 4.98 Å². The fraction of sp³-hybridized carbons (Fsp3) is 0.259. The van der Waals surface area contributed by atoms with E-state index >= 15 is 0 Å². The van der Waals surface area contributed by atoms with Gasteiger partial charge in [-0.05, 0) is 34.7 Å². The number of H-pyrrole nitrogens is 1. The van der Waals surface area contributed by atoms with Gasteiger partial charge >= 0.3 is 0 Å². The van der Waals surface area contributed by atoms with Crippen LogP contribution in [0.2, 0.25) is 10.0 Å². The van der Waals surface area contributed by atoms with Gasteiger partial charge in [-0.25, -0.2) is 0 Å². The lowest BCUT2D eigenvalue weighted by molar-refractivity contribution is -0.692. The van der Waals surface area contributed by atoms with Crippen LogP contribution >= 0.6 is 23.2 Å². The van der Waals surface area contributed by atoms with E-state index in [4.69, 9.17) is 23.2 Å². The summed E-state index contributed by atoms with van der Waals surface area (Å²) >= 11 is 12.8. The number of aromatic amines is 1. The molecule has 0 amide bonds. The summed E-state index contributed by atoms with van der Waals surface area (Å²) in [6, 6.07) is 23.8. The number of hydrogen-bond acceptors (Lipinski definition) is 0. The summed E-state index contributed by atoms with van der Waals surface area (Å²) in [5.74, 6) is 0.209. The Hall–Kier alpha value is -2.26. The zero-order valence-corrected chi connectivity index (χ0v) is 19.6. The minimum absolute atomic E-state index is 0.150. The lowest BCUT2D eigenvalue weighted by Crippen LogP contribution is -2.88. The summed E-state index contributed by atoms with van der Waals surface area (Å²) < 4.78 is 0. The molecule has 0 saturated carbocycles. The highest BCUT2D eigenvalue weighted by atomic mass is 35.5. The highest BCUT2D eigenvalue weighted by Crippen LogP contribution is 2.41. The molecule has 2 atom stereocenters. The van der Waals surface area contributed by atoms with Crippen LogP contribution in [0.25, 0.3) is 10.9 Å². The monoisotopic (exact) mass is 449 g/mol. The van der Waals surface area contributed by atoms with Gasteiger partial charge in [-0.2, -0.15) is 0 Å². The van der Waals surface area contributed by atoms with Crippen LogP contribution in [0.1, 0.15) is 60.7 Å². The number of hydrogen-bond donors (Lipinski definition) is 2. The Morgan fingerprint density at radius 1 is 0.935 bits per heavy atom. The van der Waals surface area contributed by atoms with Gasteiger partial charge in [-0.1, -0.05) is 92.5 Å². The third-order valence-electron chi connectivity index (χ3n) is 6.52. The number of aromatic nitrogens is 1. The van der Waals surface area contributed by atoms with Crippen LogP contribution < -0.4 is 5.32 Å². The van der Waals surface area contributed by atoms with Crippen molar-refractivity contribution < 1.29 is 5.32 Å². The van der Waals surface area contributed by atoms with Gasteiger partial charge in [0.2, 0.25) is 0 Å². The number of fused-ring (bicyclic) bond motifs is 3. The van der Waals surface area contributed by atoms with Crippen molar-refractivity contribution in [1.29, 1.82) is 0 Å². The fourth-order valence-corrected chi connectivity index (χ4v) is 5.41. The Labute approximate surface area is 193 Å². The minimum Gasteiger partial charge on any atom is -0.353 e. The Bertz CT molecular complexity index is 1250. The Balaban J connectivity index is 1.64. The third-order valence-corrected chi connectivity index (χ3v) is 7.08. The number of quaternary nitrogens is 1. The van der Waals surface area contributed by atoms with E-state index in [1.54, 1.807) is 0 Å². The molecular formula is C27H27Cl2N2+. The van der Waals surface area contributed by atoms with Crippen LogP contribution in [0, 0.1) is 0 Å². The largest absolute Gasteiger partial charge is 0.353 e. The van der Waals surface area contributed by atoms with Crippen molar-refractivity contribution in [2.24, 2.45) is 0 Å². The quantitative estimate of drug-likeness (QED) is 0.346. The highest BCUT2D eigenvalue weighted by Gasteiger charge is 2.36. The van der Waals surface area contributed by atoms with Crippen LogP contribution in [-0.2, 0) is 5.41 Å². The Kier molecular flexibility index (Phi) is 5.13. The minimum atomic E-state index is 0.150. The normalized spacial score (nSPS) is 18.9. The van der Waals surface area contributed by atoms with Crippen molar-refractivity contribution in [3.05, 3.63) is 105 Å². The standard InChI is InChI=1S/C27H26Cl2N2/c1-27(2,3)17-10-8-16(9-11-17)25-26-24(20-6-4-5-7-23(20)31-26)21(15-30-25)19-13-12-18(28)14-22(19)29/h4-14,21,25,30-31H,15H2,1-3H3/p+1/t21-,25-/m0/s1. The van der Waals surface area contributed by atoms with E-state index < -0.39 is 0 Å². The first kappa shape index (κ1) is 20.6. The van der Waals surface area contributed by atoms with E-state index in [-0.39, 0.29) is 17.4 Å². The molecule has 31 heavy (non-hydrogen) atoms. The first-order valence-corrected chi connectivity index (χ1v) is 11.6. The van der Waals surface area contributed by atoms with Crippen LogP contribution in [0.5, 0.6) is 0 Å². The van der Waals surface area contributed by atoms with Crippen molar-refractivity contribution in [2.45, 2.75) is 38.1 Å². The van der Waals surface area contributed by atoms with E-state index in [1.807, 2.05) is 12.1 Å². The number of benzene rings is 3. The summed E-state index contributed by atoms with van der Waals surface area (Å²) in [7, 11) is 0. The molecule has 4 heteroatoms. The topological polar surface area (TPSA) is 32.4 Å². The molecule has 3 aromatic carbocycles. The molecule has 0 saturated heterocycles. The van der Waals surface area contributed by atoms with Gasteiger partial charge in [0.1, 0.15) is 0 Å². The van der Waals surface area contributed by atoms with Gasteiger partial charge in [0.05, 0.1) is 18.2 Å². The van der Waals surface area contributed by atoms with Crippen molar-refractivity contribution in [2.75, 3.05) is 6.54 Å². The van der Waals surface area contributed by atoms with E-state index in [1.165, 1.54) is 33.3 Å². The van der Waals surface area contributed by atoms with Gasteiger partial charge < -0.3 is 10.3 Å². The molecule has 0 spiro atoms. The van der Waals surface area contributed by atoms with Gasteiger partial charge in [0, 0.05) is 32.1 Å². The average molecular weight is 450 g/mol. The molecule has 0 fully saturated rings. The third kappa shape index (κ3) is 3.67. The molecule has 3 N–H and O–H groups in total. The maximum absolute atomic E-state index is 6.65. The van der Waals surface area contributed by atoms with Gasteiger partial charge in [0.15, 0.2) is 6.04 Å². The maximum Gasteiger partial charge on any atom is 0.153 e. The summed E-state index contributed by atoms with van der Waals surface area (Å²) in [5, 5.41) is 5.11. The second-order valence-corrected chi connectivity index (χ2v) is 10.4. The number of para-hydroxylation sites is 1. The van der Waals surface area contributed by atoms with Crippen molar-refractivity contribution in [3.8, 4) is 0 Å². The molecule has 2 nitrogen and oxygen atoms in total.